The zero-order valence-corrected chi connectivity index (χ0v) is 14.9. The van der Waals surface area contributed by atoms with Crippen LogP contribution in [0.4, 0.5) is 5.69 Å². The number of nitrogens with one attached hydrogen (secondary N) is 1. The van der Waals surface area contributed by atoms with Crippen LogP contribution in [-0.2, 0) is 9.59 Å². The minimum Gasteiger partial charge on any atom is -0.493 e. The number of amides is 1. The molecule has 1 saturated carbocycles. The first-order chi connectivity index (χ1) is 12.0. The summed E-state index contributed by atoms with van der Waals surface area (Å²) < 4.78 is 15.8. The maximum absolute atomic E-state index is 12.5. The Balaban J connectivity index is 2.18. The Bertz CT molecular complexity index is 611. The molecule has 7 heteroatoms. The molecule has 1 aliphatic rings. The second-order valence-corrected chi connectivity index (χ2v) is 6.29. The number of carboxylic acids is 1. The Labute approximate surface area is 147 Å². The number of anilines is 1. The molecule has 2 rings (SSSR count). The lowest BCUT2D eigenvalue weighted by molar-refractivity contribution is -0.153. The van der Waals surface area contributed by atoms with Gasteiger partial charge < -0.3 is 24.6 Å². The molecule has 0 saturated heterocycles. The van der Waals surface area contributed by atoms with Crippen molar-refractivity contribution >= 4 is 17.6 Å². The third-order valence-corrected chi connectivity index (χ3v) is 4.71. The average Bonchev–Trinajstić information content (AvgIpc) is 2.61. The standard InChI is InChI=1S/C18H25NO6/c1-23-13-9-12(10-14(24-2)16(13)25-3)19-15(20)11-18(17(21)22)7-5-4-6-8-18/h9-10H,4-8,11H2,1-3H3,(H,19,20)(H,21,22). The quantitative estimate of drug-likeness (QED) is 0.784. The number of rotatable bonds is 7. The molecule has 0 spiro atoms. The number of carbonyl (C=O) groups is 2. The fourth-order valence-corrected chi connectivity index (χ4v) is 3.36. The topological polar surface area (TPSA) is 94.1 Å². The average molecular weight is 351 g/mol. The summed E-state index contributed by atoms with van der Waals surface area (Å²) in [7, 11) is 4.48. The molecule has 0 unspecified atom stereocenters. The molecule has 1 amide bonds. The first-order valence-electron chi connectivity index (χ1n) is 8.29. The summed E-state index contributed by atoms with van der Waals surface area (Å²) in [5.74, 6) is 0.0358. The van der Waals surface area contributed by atoms with E-state index >= 15 is 0 Å². The van der Waals surface area contributed by atoms with Gasteiger partial charge >= 0.3 is 5.97 Å². The van der Waals surface area contributed by atoms with Crippen molar-refractivity contribution in [1.82, 2.24) is 0 Å². The Morgan fingerprint density at radius 1 is 1.04 bits per heavy atom. The molecular weight excluding hydrogens is 326 g/mol. The third kappa shape index (κ3) is 4.15. The van der Waals surface area contributed by atoms with Crippen molar-refractivity contribution in [2.24, 2.45) is 5.41 Å². The Kier molecular flexibility index (Phi) is 6.12. The van der Waals surface area contributed by atoms with E-state index in [1.807, 2.05) is 0 Å². The second kappa shape index (κ2) is 8.09. The lowest BCUT2D eigenvalue weighted by Gasteiger charge is -2.32. The molecule has 2 N–H and O–H groups in total. The van der Waals surface area contributed by atoms with Gasteiger partial charge in [-0.2, -0.15) is 0 Å². The summed E-state index contributed by atoms with van der Waals surface area (Å²) in [6.07, 6.45) is 3.71. The predicted octanol–water partition coefficient (Wildman–Crippen LogP) is 3.08. The van der Waals surface area contributed by atoms with Crippen LogP contribution in [0.5, 0.6) is 17.2 Å². The molecule has 0 heterocycles. The lowest BCUT2D eigenvalue weighted by atomic mass is 9.71. The van der Waals surface area contributed by atoms with E-state index in [0.717, 1.165) is 19.3 Å². The van der Waals surface area contributed by atoms with Crippen molar-refractivity contribution in [3.63, 3.8) is 0 Å². The maximum atomic E-state index is 12.5. The van der Waals surface area contributed by atoms with Crippen molar-refractivity contribution in [2.45, 2.75) is 38.5 Å². The Morgan fingerprint density at radius 2 is 1.60 bits per heavy atom. The number of hydrogen-bond donors (Lipinski definition) is 2. The van der Waals surface area contributed by atoms with Gasteiger partial charge in [-0.05, 0) is 12.8 Å². The maximum Gasteiger partial charge on any atom is 0.310 e. The molecule has 0 radical (unpaired) electrons. The molecule has 1 aromatic carbocycles. The zero-order valence-electron chi connectivity index (χ0n) is 14.9. The number of benzene rings is 1. The molecule has 0 aromatic heterocycles. The lowest BCUT2D eigenvalue weighted by Crippen LogP contribution is -2.37. The van der Waals surface area contributed by atoms with Gasteiger partial charge in [-0.1, -0.05) is 19.3 Å². The van der Waals surface area contributed by atoms with Gasteiger partial charge in [0.1, 0.15) is 0 Å². The van der Waals surface area contributed by atoms with Gasteiger partial charge in [-0.3, -0.25) is 9.59 Å². The van der Waals surface area contributed by atoms with Crippen molar-refractivity contribution in [3.05, 3.63) is 12.1 Å². The van der Waals surface area contributed by atoms with Crippen LogP contribution >= 0.6 is 0 Å². The van der Waals surface area contributed by atoms with E-state index in [1.54, 1.807) is 12.1 Å². The van der Waals surface area contributed by atoms with E-state index in [9.17, 15) is 14.7 Å². The van der Waals surface area contributed by atoms with Crippen LogP contribution < -0.4 is 19.5 Å². The first kappa shape index (κ1) is 18.9. The van der Waals surface area contributed by atoms with Crippen LogP contribution in [0.15, 0.2) is 12.1 Å². The highest BCUT2D eigenvalue weighted by Crippen LogP contribution is 2.42. The SMILES string of the molecule is COc1cc(NC(=O)CC2(C(=O)O)CCCCC2)cc(OC)c1OC. The van der Waals surface area contributed by atoms with Crippen molar-refractivity contribution in [2.75, 3.05) is 26.6 Å². The van der Waals surface area contributed by atoms with Crippen LogP contribution in [0.25, 0.3) is 0 Å². The molecule has 138 valence electrons. The Hall–Kier alpha value is -2.44. The van der Waals surface area contributed by atoms with E-state index < -0.39 is 11.4 Å². The Morgan fingerprint density at radius 3 is 2.04 bits per heavy atom. The highest BCUT2D eigenvalue weighted by atomic mass is 16.5. The summed E-state index contributed by atoms with van der Waals surface area (Å²) in [4.78, 5) is 24.2. The molecule has 7 nitrogen and oxygen atoms in total. The van der Waals surface area contributed by atoms with Gasteiger partial charge in [0.2, 0.25) is 11.7 Å². The number of methoxy groups -OCH3 is 3. The van der Waals surface area contributed by atoms with Crippen molar-refractivity contribution < 1.29 is 28.9 Å². The molecule has 1 fully saturated rings. The van der Waals surface area contributed by atoms with Crippen LogP contribution in [0, 0.1) is 5.41 Å². The van der Waals surface area contributed by atoms with Gasteiger partial charge in [0.05, 0.1) is 26.7 Å². The van der Waals surface area contributed by atoms with Gasteiger partial charge in [0, 0.05) is 24.2 Å². The number of ether oxygens (including phenoxy) is 3. The molecule has 1 aliphatic carbocycles. The van der Waals surface area contributed by atoms with Crippen LogP contribution in [0.2, 0.25) is 0 Å². The van der Waals surface area contributed by atoms with Gasteiger partial charge in [-0.15, -0.1) is 0 Å². The minimum atomic E-state index is -0.969. The predicted molar refractivity (Wildman–Crippen MR) is 92.5 cm³/mol. The first-order valence-corrected chi connectivity index (χ1v) is 8.29. The zero-order chi connectivity index (χ0) is 18.4. The van der Waals surface area contributed by atoms with Crippen LogP contribution in [0.3, 0.4) is 0 Å². The molecule has 1 aromatic rings. The summed E-state index contributed by atoms with van der Waals surface area (Å²) in [5.41, 5.74) is -0.501. The fourth-order valence-electron chi connectivity index (χ4n) is 3.36. The van der Waals surface area contributed by atoms with E-state index in [1.165, 1.54) is 21.3 Å². The highest BCUT2D eigenvalue weighted by molar-refractivity contribution is 5.95. The summed E-state index contributed by atoms with van der Waals surface area (Å²) in [6, 6.07) is 3.24. The summed E-state index contributed by atoms with van der Waals surface area (Å²) >= 11 is 0. The molecule has 0 atom stereocenters. The van der Waals surface area contributed by atoms with Crippen LogP contribution in [-0.4, -0.2) is 38.3 Å². The van der Waals surface area contributed by atoms with E-state index in [-0.39, 0.29) is 12.3 Å². The fraction of sp³-hybridized carbons (Fsp3) is 0.556. The van der Waals surface area contributed by atoms with E-state index in [0.29, 0.717) is 35.8 Å². The van der Waals surface area contributed by atoms with Gasteiger partial charge in [0.25, 0.3) is 0 Å². The third-order valence-electron chi connectivity index (χ3n) is 4.71. The summed E-state index contributed by atoms with van der Waals surface area (Å²) in [6.45, 7) is 0. The molecule has 0 bridgehead atoms. The second-order valence-electron chi connectivity index (χ2n) is 6.29. The van der Waals surface area contributed by atoms with Gasteiger partial charge in [0.15, 0.2) is 11.5 Å². The van der Waals surface area contributed by atoms with Crippen molar-refractivity contribution in [3.8, 4) is 17.2 Å². The number of hydrogen-bond acceptors (Lipinski definition) is 5. The van der Waals surface area contributed by atoms with Crippen molar-refractivity contribution in [1.29, 1.82) is 0 Å². The molecule has 0 aliphatic heterocycles. The largest absolute Gasteiger partial charge is 0.493 e. The van der Waals surface area contributed by atoms with E-state index in [2.05, 4.69) is 5.32 Å². The highest BCUT2D eigenvalue weighted by Gasteiger charge is 2.41. The number of carboxylic acid groups (broad SMARTS) is 1. The number of aliphatic carboxylic acids is 1. The summed E-state index contributed by atoms with van der Waals surface area (Å²) in [5, 5.41) is 12.4. The van der Waals surface area contributed by atoms with Crippen LogP contribution in [0.1, 0.15) is 38.5 Å². The molecular formula is C18H25NO6. The van der Waals surface area contributed by atoms with E-state index in [4.69, 9.17) is 14.2 Å². The smallest absolute Gasteiger partial charge is 0.310 e. The number of carbonyl (C=O) groups excluding carboxylic acids is 1. The normalized spacial score (nSPS) is 16.0. The monoisotopic (exact) mass is 351 g/mol. The minimum absolute atomic E-state index is 0.0427. The molecule has 25 heavy (non-hydrogen) atoms. The van der Waals surface area contributed by atoms with Gasteiger partial charge in [-0.25, -0.2) is 0 Å².